The highest BCUT2D eigenvalue weighted by Gasteiger charge is 2.15. The highest BCUT2D eigenvalue weighted by Crippen LogP contribution is 2.22. The molecule has 1 heterocycles. The minimum Gasteiger partial charge on any atom is -0.482 e. The summed E-state index contributed by atoms with van der Waals surface area (Å²) in [4.78, 5) is 22.6. The Balaban J connectivity index is 2.06. The van der Waals surface area contributed by atoms with Crippen molar-refractivity contribution in [2.45, 2.75) is 26.7 Å². The minimum atomic E-state index is -1.05. The molecule has 0 saturated carbocycles. The molecule has 7 heteroatoms. The molecular weight excluding hydrogens is 300 g/mol. The quantitative estimate of drug-likeness (QED) is 0.849. The number of aliphatic carboxylic acids is 1. The molecule has 122 valence electrons. The van der Waals surface area contributed by atoms with Gasteiger partial charge in [-0.05, 0) is 30.7 Å². The number of carboxylic acid groups (broad SMARTS) is 1. The molecule has 0 unspecified atom stereocenters. The maximum atomic E-state index is 12.2. The number of amides is 1. The summed E-state index contributed by atoms with van der Waals surface area (Å²) in [7, 11) is 0. The summed E-state index contributed by atoms with van der Waals surface area (Å²) in [5, 5.41) is 15.1. The third-order valence-corrected chi connectivity index (χ3v) is 3.14. The van der Waals surface area contributed by atoms with Crippen LogP contribution in [-0.2, 0) is 4.79 Å². The molecule has 7 nitrogen and oxygen atoms in total. The molecule has 2 N–H and O–H groups in total. The zero-order chi connectivity index (χ0) is 17.0. The number of benzene rings is 1. The van der Waals surface area contributed by atoms with Gasteiger partial charge in [-0.1, -0.05) is 19.0 Å². The average Bonchev–Trinajstić information content (AvgIpc) is 2.97. The first-order valence-electron chi connectivity index (χ1n) is 7.10. The van der Waals surface area contributed by atoms with Gasteiger partial charge >= 0.3 is 5.97 Å². The van der Waals surface area contributed by atoms with Crippen LogP contribution in [0.1, 0.15) is 41.6 Å². The second-order valence-corrected chi connectivity index (χ2v) is 5.38. The number of hydrogen-bond donors (Lipinski definition) is 2. The van der Waals surface area contributed by atoms with Crippen LogP contribution in [0.3, 0.4) is 0 Å². The molecule has 0 fully saturated rings. The fourth-order valence-electron chi connectivity index (χ4n) is 1.87. The number of aromatic nitrogens is 1. The van der Waals surface area contributed by atoms with Crippen LogP contribution in [0.25, 0.3) is 0 Å². The predicted molar refractivity (Wildman–Crippen MR) is 82.9 cm³/mol. The Bertz CT molecular complexity index is 721. The number of aryl methyl sites for hydroxylation is 1. The second-order valence-electron chi connectivity index (χ2n) is 5.38. The second kappa shape index (κ2) is 6.95. The maximum Gasteiger partial charge on any atom is 0.341 e. The summed E-state index contributed by atoms with van der Waals surface area (Å²) < 4.78 is 10.2. The minimum absolute atomic E-state index is 0.149. The third kappa shape index (κ3) is 4.32. The molecule has 2 rings (SSSR count). The first-order valence-corrected chi connectivity index (χ1v) is 7.10. The van der Waals surface area contributed by atoms with Crippen LogP contribution in [0.2, 0.25) is 0 Å². The summed E-state index contributed by atoms with van der Waals surface area (Å²) in [6, 6.07) is 6.50. The zero-order valence-electron chi connectivity index (χ0n) is 13.1. The largest absolute Gasteiger partial charge is 0.482 e. The molecule has 0 aliphatic carbocycles. The number of rotatable bonds is 6. The molecule has 0 radical (unpaired) electrons. The number of nitrogens with zero attached hydrogens (tertiary/aromatic N) is 1. The van der Waals surface area contributed by atoms with Gasteiger partial charge < -0.3 is 19.7 Å². The van der Waals surface area contributed by atoms with Crippen molar-refractivity contribution in [2.24, 2.45) is 0 Å². The molecule has 1 amide bonds. The van der Waals surface area contributed by atoms with E-state index in [0.717, 1.165) is 5.56 Å². The molecular formula is C16H18N2O5. The number of ether oxygens (including phenoxy) is 1. The number of nitrogens with one attached hydrogen (secondary N) is 1. The van der Waals surface area contributed by atoms with Gasteiger partial charge in [0.25, 0.3) is 5.91 Å². The molecule has 0 bridgehead atoms. The number of anilines is 1. The number of carboxylic acids is 1. The van der Waals surface area contributed by atoms with Crippen molar-refractivity contribution in [1.29, 1.82) is 0 Å². The third-order valence-electron chi connectivity index (χ3n) is 3.14. The van der Waals surface area contributed by atoms with Gasteiger partial charge in [0.15, 0.2) is 12.3 Å². The van der Waals surface area contributed by atoms with Gasteiger partial charge in [0.1, 0.15) is 11.5 Å². The monoisotopic (exact) mass is 318 g/mol. The van der Waals surface area contributed by atoms with E-state index in [4.69, 9.17) is 14.4 Å². The SMILES string of the molecule is Cc1cc(OCC(=O)O)ccc1NC(=O)c1cc(C(C)C)on1. The normalized spacial score (nSPS) is 10.6. The number of carbonyl (C=O) groups is 2. The van der Waals surface area contributed by atoms with Crippen LogP contribution in [0, 0.1) is 6.92 Å². The molecule has 0 aliphatic heterocycles. The molecule has 0 saturated heterocycles. The van der Waals surface area contributed by atoms with Crippen LogP contribution >= 0.6 is 0 Å². The molecule has 2 aromatic rings. The van der Waals surface area contributed by atoms with Gasteiger partial charge in [0.2, 0.25) is 0 Å². The van der Waals surface area contributed by atoms with E-state index in [1.54, 1.807) is 31.2 Å². The topological polar surface area (TPSA) is 102 Å². The molecule has 1 aromatic carbocycles. The lowest BCUT2D eigenvalue weighted by Crippen LogP contribution is -2.13. The highest BCUT2D eigenvalue weighted by atomic mass is 16.5. The lowest BCUT2D eigenvalue weighted by molar-refractivity contribution is -0.139. The van der Waals surface area contributed by atoms with Crippen LogP contribution < -0.4 is 10.1 Å². The molecule has 0 aliphatic rings. The summed E-state index contributed by atoms with van der Waals surface area (Å²) >= 11 is 0. The van der Waals surface area contributed by atoms with E-state index in [1.165, 1.54) is 0 Å². The molecule has 23 heavy (non-hydrogen) atoms. The first kappa shape index (κ1) is 16.5. The summed E-state index contributed by atoms with van der Waals surface area (Å²) in [5.74, 6) is -0.206. The Kier molecular flexibility index (Phi) is 5.00. The van der Waals surface area contributed by atoms with E-state index in [9.17, 15) is 9.59 Å². The fraction of sp³-hybridized carbons (Fsp3) is 0.312. The van der Waals surface area contributed by atoms with Crippen molar-refractivity contribution in [3.8, 4) is 5.75 Å². The van der Waals surface area contributed by atoms with E-state index in [-0.39, 0.29) is 17.5 Å². The van der Waals surface area contributed by atoms with Crippen molar-refractivity contribution >= 4 is 17.6 Å². The summed E-state index contributed by atoms with van der Waals surface area (Å²) in [5.41, 5.74) is 1.54. The van der Waals surface area contributed by atoms with Crippen molar-refractivity contribution in [1.82, 2.24) is 5.16 Å². The fourth-order valence-corrected chi connectivity index (χ4v) is 1.87. The van der Waals surface area contributed by atoms with Gasteiger partial charge in [-0.15, -0.1) is 0 Å². The van der Waals surface area contributed by atoms with Gasteiger partial charge in [-0.25, -0.2) is 4.79 Å². The van der Waals surface area contributed by atoms with Gasteiger partial charge in [-0.2, -0.15) is 0 Å². The number of hydrogen-bond acceptors (Lipinski definition) is 5. The lowest BCUT2D eigenvalue weighted by Gasteiger charge is -2.09. The zero-order valence-corrected chi connectivity index (χ0v) is 13.1. The van der Waals surface area contributed by atoms with Crippen LogP contribution in [0.5, 0.6) is 5.75 Å². The van der Waals surface area contributed by atoms with Crippen LogP contribution in [-0.4, -0.2) is 28.7 Å². The van der Waals surface area contributed by atoms with Gasteiger partial charge in [0, 0.05) is 17.7 Å². The molecule has 0 atom stereocenters. The number of carbonyl (C=O) groups excluding carboxylic acids is 1. The summed E-state index contributed by atoms with van der Waals surface area (Å²) in [6.45, 7) is 5.26. The van der Waals surface area contributed by atoms with Gasteiger partial charge in [0.05, 0.1) is 0 Å². The maximum absolute atomic E-state index is 12.2. The Morgan fingerprint density at radius 2 is 2.09 bits per heavy atom. The van der Waals surface area contributed by atoms with E-state index >= 15 is 0 Å². The van der Waals surface area contributed by atoms with E-state index in [0.29, 0.717) is 17.2 Å². The van der Waals surface area contributed by atoms with Crippen LogP contribution in [0.4, 0.5) is 5.69 Å². The molecule has 0 spiro atoms. The predicted octanol–water partition coefficient (Wildman–Crippen LogP) is 2.82. The van der Waals surface area contributed by atoms with Crippen molar-refractivity contribution in [3.05, 3.63) is 41.3 Å². The smallest absolute Gasteiger partial charge is 0.341 e. The Hall–Kier alpha value is -2.83. The standard InChI is InChI=1S/C16H18N2O5/c1-9(2)14-7-13(18-23-14)16(21)17-12-5-4-11(6-10(12)3)22-8-15(19)20/h4-7,9H,8H2,1-3H3,(H,17,21)(H,19,20). The average molecular weight is 318 g/mol. The Labute approximate surface area is 133 Å². The lowest BCUT2D eigenvalue weighted by atomic mass is 10.1. The Morgan fingerprint density at radius 3 is 2.65 bits per heavy atom. The highest BCUT2D eigenvalue weighted by molar-refractivity contribution is 6.03. The van der Waals surface area contributed by atoms with Crippen molar-refractivity contribution < 1.29 is 24.0 Å². The van der Waals surface area contributed by atoms with Crippen molar-refractivity contribution in [3.63, 3.8) is 0 Å². The Morgan fingerprint density at radius 1 is 1.35 bits per heavy atom. The van der Waals surface area contributed by atoms with E-state index in [1.807, 2.05) is 13.8 Å². The van der Waals surface area contributed by atoms with E-state index in [2.05, 4.69) is 10.5 Å². The molecule has 1 aromatic heterocycles. The summed E-state index contributed by atoms with van der Waals surface area (Å²) in [6.07, 6.45) is 0. The first-order chi connectivity index (χ1) is 10.9. The van der Waals surface area contributed by atoms with Crippen LogP contribution in [0.15, 0.2) is 28.8 Å². The van der Waals surface area contributed by atoms with E-state index < -0.39 is 12.6 Å². The van der Waals surface area contributed by atoms with Crippen molar-refractivity contribution in [2.75, 3.05) is 11.9 Å². The van der Waals surface area contributed by atoms with Gasteiger partial charge in [-0.3, -0.25) is 4.79 Å².